The molecule has 6 aromatic rings. The van der Waals surface area contributed by atoms with Gasteiger partial charge < -0.3 is 0 Å². The fourth-order valence-electron chi connectivity index (χ4n) is 4.63. The van der Waals surface area contributed by atoms with Crippen LogP contribution in [-0.4, -0.2) is 9.38 Å². The molecule has 0 saturated heterocycles. The first-order chi connectivity index (χ1) is 15.2. The Bertz CT molecular complexity index is 1580. The maximum absolute atomic E-state index is 5.25. The molecule has 0 radical (unpaired) electrons. The SMILES string of the molecule is Cc1ccc2c(c1)c1cc(C)ccc1n1c(-c3ccccc3)c(-c3ccccc3)nc21. The van der Waals surface area contributed by atoms with Crippen molar-refractivity contribution in [1.82, 2.24) is 9.38 Å². The van der Waals surface area contributed by atoms with Crippen molar-refractivity contribution in [3.05, 3.63) is 108 Å². The summed E-state index contributed by atoms with van der Waals surface area (Å²) >= 11 is 0. The highest BCUT2D eigenvalue weighted by Crippen LogP contribution is 2.39. The number of hydrogen-bond donors (Lipinski definition) is 0. The summed E-state index contributed by atoms with van der Waals surface area (Å²) in [4.78, 5) is 5.25. The van der Waals surface area contributed by atoms with E-state index in [4.69, 9.17) is 4.98 Å². The van der Waals surface area contributed by atoms with Gasteiger partial charge in [0, 0.05) is 21.9 Å². The number of pyridine rings is 1. The Balaban J connectivity index is 1.89. The number of benzene rings is 4. The molecule has 2 heteroatoms. The summed E-state index contributed by atoms with van der Waals surface area (Å²) in [7, 11) is 0. The molecule has 0 aliphatic heterocycles. The van der Waals surface area contributed by atoms with Crippen LogP contribution in [0.4, 0.5) is 0 Å². The average molecular weight is 399 g/mol. The first-order valence-corrected chi connectivity index (χ1v) is 10.7. The first kappa shape index (κ1) is 17.9. The van der Waals surface area contributed by atoms with Crippen molar-refractivity contribution in [1.29, 1.82) is 0 Å². The molecule has 31 heavy (non-hydrogen) atoms. The molecular weight excluding hydrogens is 376 g/mol. The van der Waals surface area contributed by atoms with Crippen molar-refractivity contribution < 1.29 is 0 Å². The van der Waals surface area contributed by atoms with Gasteiger partial charge in [-0.3, -0.25) is 4.40 Å². The Morgan fingerprint density at radius 3 is 1.90 bits per heavy atom. The smallest absolute Gasteiger partial charge is 0.146 e. The molecule has 0 spiro atoms. The highest BCUT2D eigenvalue weighted by molar-refractivity contribution is 6.13. The lowest BCUT2D eigenvalue weighted by molar-refractivity contribution is 1.27. The summed E-state index contributed by atoms with van der Waals surface area (Å²) in [6, 6.07) is 34.5. The summed E-state index contributed by atoms with van der Waals surface area (Å²) in [6.45, 7) is 4.31. The van der Waals surface area contributed by atoms with E-state index in [-0.39, 0.29) is 0 Å². The van der Waals surface area contributed by atoms with Crippen LogP contribution in [0.5, 0.6) is 0 Å². The second-order valence-electron chi connectivity index (χ2n) is 8.27. The van der Waals surface area contributed by atoms with Crippen molar-refractivity contribution in [2.45, 2.75) is 13.8 Å². The van der Waals surface area contributed by atoms with Gasteiger partial charge in [-0.2, -0.15) is 0 Å². The molecule has 0 unspecified atom stereocenters. The third kappa shape index (κ3) is 2.76. The number of rotatable bonds is 2. The van der Waals surface area contributed by atoms with Crippen molar-refractivity contribution in [2.75, 3.05) is 0 Å². The minimum absolute atomic E-state index is 1.00. The minimum Gasteiger partial charge on any atom is -0.291 e. The summed E-state index contributed by atoms with van der Waals surface area (Å²) in [6.07, 6.45) is 0. The summed E-state index contributed by atoms with van der Waals surface area (Å²) in [5, 5.41) is 3.71. The highest BCUT2D eigenvalue weighted by Gasteiger charge is 2.20. The molecule has 0 aliphatic carbocycles. The Labute approximate surface area is 181 Å². The van der Waals surface area contributed by atoms with Gasteiger partial charge in [-0.15, -0.1) is 0 Å². The van der Waals surface area contributed by atoms with E-state index in [1.807, 2.05) is 0 Å². The molecule has 0 atom stereocenters. The van der Waals surface area contributed by atoms with E-state index >= 15 is 0 Å². The van der Waals surface area contributed by atoms with Gasteiger partial charge in [-0.05, 0) is 31.4 Å². The van der Waals surface area contributed by atoms with Crippen LogP contribution in [0, 0.1) is 13.8 Å². The zero-order valence-corrected chi connectivity index (χ0v) is 17.6. The second kappa shape index (κ2) is 6.82. The maximum atomic E-state index is 5.25. The third-order valence-corrected chi connectivity index (χ3v) is 6.07. The molecule has 0 N–H and O–H groups in total. The lowest BCUT2D eigenvalue weighted by Gasteiger charge is -2.12. The van der Waals surface area contributed by atoms with Gasteiger partial charge in [0.1, 0.15) is 5.65 Å². The number of fused-ring (bicyclic) bond motifs is 6. The lowest BCUT2D eigenvalue weighted by Crippen LogP contribution is -1.95. The van der Waals surface area contributed by atoms with Gasteiger partial charge in [0.15, 0.2) is 0 Å². The summed E-state index contributed by atoms with van der Waals surface area (Å²) in [5.74, 6) is 0. The number of aryl methyl sites for hydroxylation is 2. The van der Waals surface area contributed by atoms with Gasteiger partial charge in [0.2, 0.25) is 0 Å². The fourth-order valence-corrected chi connectivity index (χ4v) is 4.63. The van der Waals surface area contributed by atoms with Gasteiger partial charge in [-0.25, -0.2) is 4.98 Å². The minimum atomic E-state index is 1.00. The number of hydrogen-bond acceptors (Lipinski definition) is 1. The second-order valence-corrected chi connectivity index (χ2v) is 8.27. The number of imidazole rings is 1. The van der Waals surface area contributed by atoms with Crippen LogP contribution < -0.4 is 0 Å². The van der Waals surface area contributed by atoms with E-state index in [1.165, 1.54) is 38.4 Å². The quantitative estimate of drug-likeness (QED) is 0.275. The number of aromatic nitrogens is 2. The van der Waals surface area contributed by atoms with E-state index in [0.717, 1.165) is 22.6 Å². The summed E-state index contributed by atoms with van der Waals surface area (Å²) < 4.78 is 2.35. The van der Waals surface area contributed by atoms with Crippen molar-refractivity contribution >= 4 is 27.3 Å². The molecule has 2 aromatic heterocycles. The zero-order valence-electron chi connectivity index (χ0n) is 17.6. The van der Waals surface area contributed by atoms with E-state index in [9.17, 15) is 0 Å². The van der Waals surface area contributed by atoms with Gasteiger partial charge in [-0.1, -0.05) is 96.1 Å². The van der Waals surface area contributed by atoms with Gasteiger partial charge in [0.25, 0.3) is 0 Å². The Hall–Kier alpha value is -3.91. The molecule has 2 nitrogen and oxygen atoms in total. The van der Waals surface area contributed by atoms with E-state index in [2.05, 4.69) is 115 Å². The van der Waals surface area contributed by atoms with Gasteiger partial charge in [0.05, 0.1) is 16.9 Å². The van der Waals surface area contributed by atoms with E-state index < -0.39 is 0 Å². The zero-order chi connectivity index (χ0) is 20.9. The molecule has 0 amide bonds. The lowest BCUT2D eigenvalue weighted by atomic mass is 10.0. The first-order valence-electron chi connectivity index (χ1n) is 10.7. The predicted molar refractivity (Wildman–Crippen MR) is 131 cm³/mol. The predicted octanol–water partition coefficient (Wildman–Crippen LogP) is 7.59. The van der Waals surface area contributed by atoms with E-state index in [0.29, 0.717) is 0 Å². The molecule has 148 valence electrons. The molecule has 0 saturated carbocycles. The molecule has 2 heterocycles. The Morgan fingerprint density at radius 2 is 1.19 bits per heavy atom. The summed E-state index contributed by atoms with van der Waals surface area (Å²) in [5.41, 5.74) is 9.17. The molecule has 0 aliphatic rings. The maximum Gasteiger partial charge on any atom is 0.146 e. The molecular formula is C29H22N2. The molecule has 0 bridgehead atoms. The topological polar surface area (TPSA) is 17.3 Å². The largest absolute Gasteiger partial charge is 0.291 e. The third-order valence-electron chi connectivity index (χ3n) is 6.07. The Kier molecular flexibility index (Phi) is 3.94. The van der Waals surface area contributed by atoms with Crippen LogP contribution in [0.25, 0.3) is 49.8 Å². The van der Waals surface area contributed by atoms with Crippen LogP contribution in [0.3, 0.4) is 0 Å². The molecule has 4 aromatic carbocycles. The van der Waals surface area contributed by atoms with Crippen LogP contribution in [0.1, 0.15) is 11.1 Å². The normalized spacial score (nSPS) is 11.5. The molecule has 0 fully saturated rings. The molecule has 6 rings (SSSR count). The van der Waals surface area contributed by atoms with Crippen molar-refractivity contribution in [3.8, 4) is 22.5 Å². The Morgan fingerprint density at radius 1 is 0.581 bits per heavy atom. The van der Waals surface area contributed by atoms with Crippen molar-refractivity contribution in [2.24, 2.45) is 0 Å². The standard InChI is InChI=1S/C29H22N2/c1-19-13-15-23-24(17-19)25-18-20(2)14-16-26(25)31-28(22-11-7-4-8-12-22)27(30-29(23)31)21-9-5-3-6-10-21/h3-18H,1-2H3. The van der Waals surface area contributed by atoms with Gasteiger partial charge >= 0.3 is 0 Å². The van der Waals surface area contributed by atoms with Crippen LogP contribution in [0.2, 0.25) is 0 Å². The van der Waals surface area contributed by atoms with Crippen LogP contribution in [-0.2, 0) is 0 Å². The average Bonchev–Trinajstić information content (AvgIpc) is 3.21. The highest BCUT2D eigenvalue weighted by atomic mass is 15.0. The monoisotopic (exact) mass is 398 g/mol. The van der Waals surface area contributed by atoms with Crippen LogP contribution in [0.15, 0.2) is 97.1 Å². The van der Waals surface area contributed by atoms with Crippen LogP contribution >= 0.6 is 0 Å². The van der Waals surface area contributed by atoms with Crippen molar-refractivity contribution in [3.63, 3.8) is 0 Å². The number of nitrogens with zero attached hydrogens (tertiary/aromatic N) is 2. The fraction of sp³-hybridized carbons (Fsp3) is 0.0690. The van der Waals surface area contributed by atoms with E-state index in [1.54, 1.807) is 0 Å².